The van der Waals surface area contributed by atoms with Crippen molar-refractivity contribution < 1.29 is 9.90 Å². The summed E-state index contributed by atoms with van der Waals surface area (Å²) in [5, 5.41) is 12.3. The molecule has 1 rings (SSSR count). The van der Waals surface area contributed by atoms with Crippen molar-refractivity contribution in [3.05, 3.63) is 0 Å². The molecule has 0 aromatic carbocycles. The standard InChI is InChI=1S/C12H24N2O2/c1-5-14(9(2)3)10-6-7-12(8-10,13-4)11(15)16/h9-10,13H,5-8H2,1-4H3,(H,15,16). The molecule has 1 aliphatic carbocycles. The van der Waals surface area contributed by atoms with Crippen LogP contribution in [0, 0.1) is 0 Å². The van der Waals surface area contributed by atoms with Gasteiger partial charge in [-0.25, -0.2) is 0 Å². The van der Waals surface area contributed by atoms with Crippen molar-refractivity contribution in [2.75, 3.05) is 13.6 Å². The normalized spacial score (nSPS) is 30.2. The summed E-state index contributed by atoms with van der Waals surface area (Å²) in [5.41, 5.74) is -0.701. The Hall–Kier alpha value is -0.610. The Labute approximate surface area is 98.0 Å². The van der Waals surface area contributed by atoms with E-state index in [0.717, 1.165) is 19.4 Å². The summed E-state index contributed by atoms with van der Waals surface area (Å²) in [4.78, 5) is 13.7. The van der Waals surface area contributed by atoms with Gasteiger partial charge >= 0.3 is 5.97 Å². The second kappa shape index (κ2) is 5.15. The molecular formula is C12H24N2O2. The van der Waals surface area contributed by atoms with Gasteiger partial charge in [-0.2, -0.15) is 0 Å². The van der Waals surface area contributed by atoms with Crippen molar-refractivity contribution in [1.82, 2.24) is 10.2 Å². The number of carbonyl (C=O) groups is 1. The molecule has 0 bridgehead atoms. The number of hydrogen-bond donors (Lipinski definition) is 2. The number of rotatable bonds is 5. The van der Waals surface area contributed by atoms with E-state index in [1.165, 1.54) is 0 Å². The van der Waals surface area contributed by atoms with E-state index >= 15 is 0 Å². The average Bonchev–Trinajstić information content (AvgIpc) is 2.64. The first-order valence-corrected chi connectivity index (χ1v) is 6.15. The molecule has 16 heavy (non-hydrogen) atoms. The number of nitrogens with zero attached hydrogens (tertiary/aromatic N) is 1. The van der Waals surface area contributed by atoms with Gasteiger partial charge < -0.3 is 10.4 Å². The lowest BCUT2D eigenvalue weighted by Gasteiger charge is -2.32. The Morgan fingerprint density at radius 1 is 1.62 bits per heavy atom. The summed E-state index contributed by atoms with van der Waals surface area (Å²) in [7, 11) is 1.75. The molecule has 0 heterocycles. The van der Waals surface area contributed by atoms with E-state index in [2.05, 4.69) is 31.0 Å². The lowest BCUT2D eigenvalue weighted by Crippen LogP contribution is -2.50. The molecule has 0 aromatic heterocycles. The van der Waals surface area contributed by atoms with E-state index in [9.17, 15) is 9.90 Å². The number of nitrogens with one attached hydrogen (secondary N) is 1. The number of likely N-dealkylation sites (N-methyl/N-ethyl adjacent to an activating group) is 1. The minimum absolute atomic E-state index is 0.397. The largest absolute Gasteiger partial charge is 0.480 e. The molecule has 0 radical (unpaired) electrons. The number of hydrogen-bond acceptors (Lipinski definition) is 3. The fourth-order valence-corrected chi connectivity index (χ4v) is 2.88. The van der Waals surface area contributed by atoms with Crippen LogP contribution in [0.4, 0.5) is 0 Å². The van der Waals surface area contributed by atoms with Crippen LogP contribution in [-0.2, 0) is 4.79 Å². The van der Waals surface area contributed by atoms with Gasteiger partial charge in [-0.1, -0.05) is 6.92 Å². The summed E-state index contributed by atoms with van der Waals surface area (Å²) < 4.78 is 0. The van der Waals surface area contributed by atoms with Gasteiger partial charge in [0, 0.05) is 12.1 Å². The van der Waals surface area contributed by atoms with Crippen LogP contribution < -0.4 is 5.32 Å². The van der Waals surface area contributed by atoms with E-state index in [-0.39, 0.29) is 0 Å². The molecule has 2 atom stereocenters. The first kappa shape index (κ1) is 13.5. The van der Waals surface area contributed by atoms with Crippen LogP contribution in [0.1, 0.15) is 40.0 Å². The Morgan fingerprint density at radius 2 is 2.25 bits per heavy atom. The van der Waals surface area contributed by atoms with Crippen molar-refractivity contribution >= 4 is 5.97 Å². The summed E-state index contributed by atoms with van der Waals surface area (Å²) in [6, 6.07) is 0.880. The van der Waals surface area contributed by atoms with Gasteiger partial charge in [0.1, 0.15) is 5.54 Å². The van der Waals surface area contributed by atoms with Crippen LogP contribution in [0.25, 0.3) is 0 Å². The fourth-order valence-electron chi connectivity index (χ4n) is 2.88. The molecular weight excluding hydrogens is 204 g/mol. The predicted octanol–water partition coefficient (Wildman–Crippen LogP) is 1.31. The molecule has 4 nitrogen and oxygen atoms in total. The maximum atomic E-state index is 11.3. The number of carboxylic acid groups (broad SMARTS) is 1. The zero-order valence-electron chi connectivity index (χ0n) is 10.8. The van der Waals surface area contributed by atoms with Crippen LogP contribution in [0.15, 0.2) is 0 Å². The third-order valence-corrected chi connectivity index (χ3v) is 3.87. The molecule has 2 N–H and O–H groups in total. The Kier molecular flexibility index (Phi) is 4.33. The van der Waals surface area contributed by atoms with E-state index in [4.69, 9.17) is 0 Å². The third kappa shape index (κ3) is 2.38. The van der Waals surface area contributed by atoms with Gasteiger partial charge in [0.25, 0.3) is 0 Å². The van der Waals surface area contributed by atoms with Gasteiger partial charge in [0.05, 0.1) is 0 Å². The molecule has 0 saturated heterocycles. The van der Waals surface area contributed by atoms with Crippen LogP contribution in [0.3, 0.4) is 0 Å². The Morgan fingerprint density at radius 3 is 2.56 bits per heavy atom. The highest BCUT2D eigenvalue weighted by atomic mass is 16.4. The average molecular weight is 228 g/mol. The third-order valence-electron chi connectivity index (χ3n) is 3.87. The second-order valence-electron chi connectivity index (χ2n) is 4.96. The maximum absolute atomic E-state index is 11.3. The van der Waals surface area contributed by atoms with E-state index in [0.29, 0.717) is 18.5 Å². The van der Waals surface area contributed by atoms with Crippen molar-refractivity contribution in [2.45, 2.75) is 57.7 Å². The quantitative estimate of drug-likeness (QED) is 0.745. The molecule has 0 spiro atoms. The second-order valence-corrected chi connectivity index (χ2v) is 4.96. The predicted molar refractivity (Wildman–Crippen MR) is 64.6 cm³/mol. The zero-order valence-corrected chi connectivity index (χ0v) is 10.8. The molecule has 0 amide bonds. The highest BCUT2D eigenvalue weighted by molar-refractivity contribution is 5.79. The van der Waals surface area contributed by atoms with E-state index in [1.807, 2.05) is 0 Å². The lowest BCUT2D eigenvalue weighted by molar-refractivity contribution is -0.144. The maximum Gasteiger partial charge on any atom is 0.323 e. The highest BCUT2D eigenvalue weighted by Gasteiger charge is 2.45. The lowest BCUT2D eigenvalue weighted by atomic mass is 9.97. The van der Waals surface area contributed by atoms with Crippen molar-refractivity contribution in [2.24, 2.45) is 0 Å². The molecule has 4 heteroatoms. The molecule has 1 aliphatic rings. The minimum atomic E-state index is -0.711. The minimum Gasteiger partial charge on any atom is -0.480 e. The van der Waals surface area contributed by atoms with Gasteiger partial charge in [-0.05, 0) is 46.7 Å². The zero-order chi connectivity index (χ0) is 12.3. The van der Waals surface area contributed by atoms with Crippen molar-refractivity contribution in [3.8, 4) is 0 Å². The SMILES string of the molecule is CCN(C(C)C)C1CCC(NC)(C(=O)O)C1. The van der Waals surface area contributed by atoms with Gasteiger partial charge in [-0.3, -0.25) is 9.69 Å². The van der Waals surface area contributed by atoms with Crippen LogP contribution in [0.5, 0.6) is 0 Å². The number of aliphatic carboxylic acids is 1. The van der Waals surface area contributed by atoms with Crippen molar-refractivity contribution in [1.29, 1.82) is 0 Å². The topological polar surface area (TPSA) is 52.6 Å². The van der Waals surface area contributed by atoms with E-state index < -0.39 is 11.5 Å². The molecule has 0 aliphatic heterocycles. The monoisotopic (exact) mass is 228 g/mol. The van der Waals surface area contributed by atoms with Crippen LogP contribution >= 0.6 is 0 Å². The summed E-state index contributed by atoms with van der Waals surface area (Å²) in [5.74, 6) is -0.711. The van der Waals surface area contributed by atoms with Gasteiger partial charge in [0.2, 0.25) is 0 Å². The molecule has 1 saturated carbocycles. The van der Waals surface area contributed by atoms with Gasteiger partial charge in [0.15, 0.2) is 0 Å². The summed E-state index contributed by atoms with van der Waals surface area (Å²) >= 11 is 0. The first-order valence-electron chi connectivity index (χ1n) is 6.15. The molecule has 1 fully saturated rings. The van der Waals surface area contributed by atoms with Crippen molar-refractivity contribution in [3.63, 3.8) is 0 Å². The van der Waals surface area contributed by atoms with Gasteiger partial charge in [-0.15, -0.1) is 0 Å². The van der Waals surface area contributed by atoms with Crippen LogP contribution in [-0.4, -0.2) is 47.2 Å². The fraction of sp³-hybridized carbons (Fsp3) is 0.917. The molecule has 94 valence electrons. The Balaban J connectivity index is 2.73. The van der Waals surface area contributed by atoms with E-state index in [1.54, 1.807) is 7.05 Å². The summed E-state index contributed by atoms with van der Waals surface area (Å²) in [6.45, 7) is 7.47. The highest BCUT2D eigenvalue weighted by Crippen LogP contribution is 2.33. The van der Waals surface area contributed by atoms with Crippen LogP contribution in [0.2, 0.25) is 0 Å². The molecule has 2 unspecified atom stereocenters. The Bertz CT molecular complexity index is 255. The summed E-state index contributed by atoms with van der Waals surface area (Å²) in [6.07, 6.45) is 2.41. The first-order chi connectivity index (χ1) is 7.46. The molecule has 0 aromatic rings. The number of carboxylic acids is 1. The smallest absolute Gasteiger partial charge is 0.323 e.